The van der Waals surface area contributed by atoms with Gasteiger partial charge in [-0.1, -0.05) is 15.9 Å². The van der Waals surface area contributed by atoms with Gasteiger partial charge in [-0.15, -0.1) is 0 Å². The molecule has 0 atom stereocenters. The fourth-order valence-corrected chi connectivity index (χ4v) is 8.12. The topological polar surface area (TPSA) is 119 Å². The Hall–Kier alpha value is -5.95. The van der Waals surface area contributed by atoms with Gasteiger partial charge in [0.15, 0.2) is 6.61 Å². The summed E-state index contributed by atoms with van der Waals surface area (Å²) in [6.45, 7) is -0.00480. The number of carbonyl (C=O) groups is 1. The minimum atomic E-state index is -0.473. The van der Waals surface area contributed by atoms with E-state index in [0.29, 0.717) is 96.0 Å². The Labute approximate surface area is 372 Å². The number of carbonyl (C=O) groups excluding carboxylic acids is 1. The molecule has 10 aliphatic rings. The summed E-state index contributed by atoms with van der Waals surface area (Å²) in [6, 6.07) is 19.8. The van der Waals surface area contributed by atoms with E-state index in [4.69, 9.17) is 52.1 Å². The fourth-order valence-electron chi connectivity index (χ4n) is 7.89. The molecule has 0 saturated carbocycles. The van der Waals surface area contributed by atoms with Gasteiger partial charge in [0.2, 0.25) is 0 Å². The predicted octanol–water partition coefficient (Wildman–Crippen LogP) is 8.74. The quantitative estimate of drug-likeness (QED) is 0.0557. The summed E-state index contributed by atoms with van der Waals surface area (Å²) in [4.78, 5) is 12.8. The molecular formula is C49H55BrO12. The van der Waals surface area contributed by atoms with Crippen LogP contribution >= 0.6 is 15.9 Å². The highest BCUT2D eigenvalue weighted by molar-refractivity contribution is 9.09. The first-order valence-corrected chi connectivity index (χ1v) is 21.3. The lowest BCUT2D eigenvalue weighted by Gasteiger charge is -2.20. The van der Waals surface area contributed by atoms with Crippen molar-refractivity contribution in [3.8, 4) is 57.5 Å². The summed E-state index contributed by atoms with van der Waals surface area (Å²) >= 11 is 3.38. The molecule has 0 saturated heterocycles. The second kappa shape index (κ2) is 21.2. The number of ether oxygens (including phenoxy) is 11. The minimum Gasteiger partial charge on any atom is -0.496 e. The highest BCUT2D eigenvalue weighted by Crippen LogP contribution is 2.42. The van der Waals surface area contributed by atoms with Crippen molar-refractivity contribution in [3.05, 3.63) is 116 Å². The maximum atomic E-state index is 12.8. The Morgan fingerprint density at radius 2 is 0.597 bits per heavy atom. The summed E-state index contributed by atoms with van der Waals surface area (Å²) in [6.07, 6.45) is 2.82. The number of hydrogen-bond acceptors (Lipinski definition) is 12. The lowest BCUT2D eigenvalue weighted by atomic mass is 9.94. The van der Waals surface area contributed by atoms with Crippen LogP contribution in [0.25, 0.3) is 0 Å². The number of methoxy groups -OCH3 is 9. The first kappa shape index (κ1) is 45.6. The molecular weight excluding hydrogens is 860 g/mol. The molecule has 330 valence electrons. The van der Waals surface area contributed by atoms with Crippen LogP contribution in [-0.4, -0.2) is 88.5 Å². The second-order valence-corrected chi connectivity index (χ2v) is 15.4. The van der Waals surface area contributed by atoms with Crippen molar-refractivity contribution >= 4 is 21.9 Å². The highest BCUT2D eigenvalue weighted by atomic mass is 79.9. The third kappa shape index (κ3) is 10.2. The number of rotatable bonds is 15. The molecule has 0 radical (unpaired) electrons. The van der Waals surface area contributed by atoms with Crippen LogP contribution < -0.4 is 47.4 Å². The number of hydrogen-bond donors (Lipinski definition) is 0. The zero-order chi connectivity index (χ0) is 44.3. The molecule has 0 spiro atoms. The van der Waals surface area contributed by atoms with E-state index in [1.807, 2.05) is 60.7 Å². The Morgan fingerprint density at radius 3 is 0.806 bits per heavy atom. The molecule has 0 unspecified atom stereocenters. The maximum Gasteiger partial charge on any atom is 0.344 e. The maximum absolute atomic E-state index is 12.8. The third-order valence-electron chi connectivity index (χ3n) is 11.0. The Bertz CT molecular complexity index is 2370. The van der Waals surface area contributed by atoms with Crippen molar-refractivity contribution in [2.45, 2.75) is 38.5 Å². The molecule has 5 aromatic carbocycles. The van der Waals surface area contributed by atoms with E-state index in [1.165, 1.54) is 0 Å². The molecule has 0 N–H and O–H groups in total. The van der Waals surface area contributed by atoms with E-state index < -0.39 is 5.97 Å². The van der Waals surface area contributed by atoms with E-state index in [-0.39, 0.29) is 13.2 Å². The predicted molar refractivity (Wildman–Crippen MR) is 240 cm³/mol. The van der Waals surface area contributed by atoms with Gasteiger partial charge in [0, 0.05) is 93.1 Å². The van der Waals surface area contributed by atoms with Crippen LogP contribution in [0.2, 0.25) is 0 Å². The van der Waals surface area contributed by atoms with E-state index in [9.17, 15) is 4.79 Å². The van der Waals surface area contributed by atoms with Crippen molar-refractivity contribution in [2.24, 2.45) is 0 Å². The zero-order valence-corrected chi connectivity index (χ0v) is 38.5. The fraction of sp³-hybridized carbons (Fsp3) is 0.367. The monoisotopic (exact) mass is 914 g/mol. The molecule has 0 aromatic heterocycles. The van der Waals surface area contributed by atoms with Gasteiger partial charge in [-0.25, -0.2) is 4.79 Å². The third-order valence-corrected chi connectivity index (χ3v) is 11.5. The molecule has 5 aromatic rings. The van der Waals surface area contributed by atoms with Crippen molar-refractivity contribution < 1.29 is 56.9 Å². The SMILES string of the molecule is COc1cc2c(OC)cc1Cc1cc(OC)c(cc1OC)Cc1cc(OC)c(cc1OC)Cc1cc(OC)c(cc1OCC(=O)OCCCBr)Cc1cc(OC)c(cc1OC)C2. The minimum absolute atomic E-state index is 0.281. The number of alkyl halides is 1. The summed E-state index contributed by atoms with van der Waals surface area (Å²) in [5, 5.41) is 0.719. The van der Waals surface area contributed by atoms with Gasteiger partial charge in [-0.2, -0.15) is 0 Å². The molecule has 0 fully saturated rings. The largest absolute Gasteiger partial charge is 0.496 e. The smallest absolute Gasteiger partial charge is 0.344 e. The van der Waals surface area contributed by atoms with E-state index in [0.717, 1.165) is 61.0 Å². The van der Waals surface area contributed by atoms with Crippen LogP contribution in [0.1, 0.15) is 62.1 Å². The molecule has 12 nitrogen and oxygen atoms in total. The lowest BCUT2D eigenvalue weighted by Crippen LogP contribution is -2.16. The van der Waals surface area contributed by atoms with Gasteiger partial charge >= 0.3 is 5.97 Å². The van der Waals surface area contributed by atoms with Gasteiger partial charge in [-0.05, 0) is 67.1 Å². The summed E-state index contributed by atoms with van der Waals surface area (Å²) in [7, 11) is 14.8. The average molecular weight is 916 g/mol. The Balaban J connectivity index is 1.58. The molecule has 13 heteroatoms. The summed E-state index contributed by atoms with van der Waals surface area (Å²) in [5.41, 5.74) is 8.59. The second-order valence-electron chi connectivity index (χ2n) is 14.6. The van der Waals surface area contributed by atoms with Crippen molar-refractivity contribution in [1.82, 2.24) is 0 Å². The van der Waals surface area contributed by atoms with Gasteiger partial charge in [0.25, 0.3) is 0 Å². The van der Waals surface area contributed by atoms with Gasteiger partial charge in [-0.3, -0.25) is 0 Å². The standard InChI is InChI=1S/C49H55BrO12/c1-52-39-20-31-14-33-22-44(57-6)35(24-43(33)56-5)16-37-27-48(62-28-49(51)61-12-10-11-50)38(26-47(37)60-9)17-36-25-45(58-7)34(23-46(36)59-8)15-32-21-41(54-3)30(19-42(32)55-4)13-29(39)18-40(31)53-2/h18-27H,10-17,28H2,1-9H3. The van der Waals surface area contributed by atoms with Gasteiger partial charge in [0.1, 0.15) is 57.5 Å². The van der Waals surface area contributed by atoms with E-state index >= 15 is 0 Å². The Morgan fingerprint density at radius 1 is 0.387 bits per heavy atom. The average Bonchev–Trinajstić information content (AvgIpc) is 3.29. The number of halogens is 1. The molecule has 0 amide bonds. The molecule has 0 heterocycles. The molecule has 0 aliphatic heterocycles. The van der Waals surface area contributed by atoms with Crippen LogP contribution in [0, 0.1) is 0 Å². The van der Waals surface area contributed by atoms with E-state index in [1.54, 1.807) is 64.0 Å². The van der Waals surface area contributed by atoms with Crippen molar-refractivity contribution in [2.75, 3.05) is 82.5 Å². The van der Waals surface area contributed by atoms with Crippen molar-refractivity contribution in [3.63, 3.8) is 0 Å². The van der Waals surface area contributed by atoms with Crippen LogP contribution in [-0.2, 0) is 41.6 Å². The van der Waals surface area contributed by atoms with Gasteiger partial charge < -0.3 is 52.1 Å². The lowest BCUT2D eigenvalue weighted by molar-refractivity contribution is -0.146. The van der Waals surface area contributed by atoms with E-state index in [2.05, 4.69) is 15.9 Å². The molecule has 10 aliphatic carbocycles. The summed E-state index contributed by atoms with van der Waals surface area (Å²) in [5.74, 6) is 5.98. The normalized spacial score (nSPS) is 12.0. The molecule has 15 rings (SSSR count). The highest BCUT2D eigenvalue weighted by Gasteiger charge is 2.23. The van der Waals surface area contributed by atoms with Crippen LogP contribution in [0.5, 0.6) is 57.5 Å². The van der Waals surface area contributed by atoms with Crippen LogP contribution in [0.4, 0.5) is 0 Å². The number of benzene rings is 5. The Kier molecular flexibility index (Phi) is 15.6. The molecule has 62 heavy (non-hydrogen) atoms. The van der Waals surface area contributed by atoms with Crippen LogP contribution in [0.3, 0.4) is 0 Å². The summed E-state index contributed by atoms with van der Waals surface area (Å²) < 4.78 is 65.8. The first-order valence-electron chi connectivity index (χ1n) is 20.1. The van der Waals surface area contributed by atoms with Gasteiger partial charge in [0.05, 0.1) is 70.6 Å². The van der Waals surface area contributed by atoms with Crippen molar-refractivity contribution in [1.29, 1.82) is 0 Å². The van der Waals surface area contributed by atoms with Crippen LogP contribution in [0.15, 0.2) is 60.7 Å². The number of esters is 1. The first-order chi connectivity index (χ1) is 30.1. The zero-order valence-electron chi connectivity index (χ0n) is 36.9. The molecule has 10 bridgehead atoms.